The van der Waals surface area contributed by atoms with Gasteiger partial charge in [0.2, 0.25) is 0 Å². The molecule has 0 saturated carbocycles. The molecule has 0 heterocycles. The van der Waals surface area contributed by atoms with Crippen LogP contribution in [-0.4, -0.2) is 28.8 Å². The Morgan fingerprint density at radius 3 is 2.79 bits per heavy atom. The molecule has 24 heavy (non-hydrogen) atoms. The summed E-state index contributed by atoms with van der Waals surface area (Å²) in [4.78, 5) is 25.5. The second-order valence-corrected chi connectivity index (χ2v) is 4.77. The molecule has 0 aliphatic carbocycles. The number of nitrogens with one attached hydrogen (secondary N) is 1. The minimum Gasteiger partial charge on any atom is -0.508 e. The lowest BCUT2D eigenvalue weighted by atomic mass is 10.0. The molecule has 0 aliphatic rings. The van der Waals surface area contributed by atoms with Crippen molar-refractivity contribution in [2.75, 3.05) is 6.61 Å². The van der Waals surface area contributed by atoms with E-state index in [1.165, 1.54) is 25.1 Å². The number of aliphatic carboxylic acids is 1. The van der Waals surface area contributed by atoms with E-state index in [9.17, 15) is 19.8 Å². The molecule has 9 heteroatoms. The zero-order valence-electron chi connectivity index (χ0n) is 13.3. The Bertz CT molecular complexity index is 695. The van der Waals surface area contributed by atoms with Gasteiger partial charge >= 0.3 is 11.9 Å². The van der Waals surface area contributed by atoms with E-state index in [1.54, 1.807) is 6.92 Å². The molecule has 1 rings (SSSR count). The van der Waals surface area contributed by atoms with Crippen molar-refractivity contribution < 1.29 is 24.5 Å². The summed E-state index contributed by atoms with van der Waals surface area (Å²) in [5, 5.41) is 25.2. The Hall–Kier alpha value is -3.19. The molecule has 0 aromatic heterocycles. The average molecular weight is 334 g/mol. The van der Waals surface area contributed by atoms with Gasteiger partial charge in [-0.2, -0.15) is 0 Å². The Kier molecular flexibility index (Phi) is 7.12. The van der Waals surface area contributed by atoms with E-state index >= 15 is 0 Å². The number of carbonyl (C=O) groups is 2. The number of allylic oxidation sites excluding steroid dienone is 1. The molecule has 0 radical (unpaired) electrons. The van der Waals surface area contributed by atoms with Gasteiger partial charge in [-0.05, 0) is 42.6 Å². The summed E-state index contributed by atoms with van der Waals surface area (Å²) in [5.41, 5.74) is 9.29. The van der Waals surface area contributed by atoms with E-state index in [4.69, 9.17) is 10.3 Å². The molecule has 128 valence electrons. The normalized spacial score (nSPS) is 12.0. The fourth-order valence-corrected chi connectivity index (χ4v) is 1.94. The third-order valence-electron chi connectivity index (χ3n) is 2.98. The van der Waals surface area contributed by atoms with Crippen LogP contribution in [0.5, 0.6) is 5.75 Å². The maximum absolute atomic E-state index is 11.5. The van der Waals surface area contributed by atoms with Gasteiger partial charge in [0.1, 0.15) is 11.8 Å². The van der Waals surface area contributed by atoms with E-state index in [1.807, 2.05) is 0 Å². The second-order valence-electron chi connectivity index (χ2n) is 4.77. The molecule has 0 aliphatic heterocycles. The van der Waals surface area contributed by atoms with E-state index in [2.05, 4.69) is 15.3 Å². The first-order chi connectivity index (χ1) is 11.4. The van der Waals surface area contributed by atoms with Crippen molar-refractivity contribution in [3.63, 3.8) is 0 Å². The highest BCUT2D eigenvalue weighted by atomic mass is 16.5. The molecule has 9 nitrogen and oxygen atoms in total. The summed E-state index contributed by atoms with van der Waals surface area (Å²) in [6, 6.07) is 3.02. The Morgan fingerprint density at radius 1 is 1.50 bits per heavy atom. The lowest BCUT2D eigenvalue weighted by Gasteiger charge is -2.17. The lowest BCUT2D eigenvalue weighted by Crippen LogP contribution is -2.27. The van der Waals surface area contributed by atoms with Gasteiger partial charge in [0.05, 0.1) is 13.2 Å². The van der Waals surface area contributed by atoms with Crippen LogP contribution in [0.2, 0.25) is 0 Å². The van der Waals surface area contributed by atoms with E-state index < -0.39 is 18.0 Å². The quantitative estimate of drug-likeness (QED) is 0.219. The summed E-state index contributed by atoms with van der Waals surface area (Å²) in [5.74, 6) is -1.86. The zero-order chi connectivity index (χ0) is 18.1. The maximum Gasteiger partial charge on any atom is 0.332 e. The Balaban J connectivity index is 3.06. The number of rotatable bonds is 8. The highest BCUT2D eigenvalue weighted by molar-refractivity contribution is 5.83. The standard InChI is InChI=1S/C15H18N4O5/c1-3-24-13(21)6-9(2)18-14(15(22)23)10-4-5-12(20)11(7-10)8-17-19-16/h4-7,14,18,20H,3,8H2,1-2H3,(H,22,23). The predicted octanol–water partition coefficient (Wildman–Crippen LogP) is 2.38. The largest absolute Gasteiger partial charge is 0.508 e. The molecular formula is C15H18N4O5. The van der Waals surface area contributed by atoms with Crippen molar-refractivity contribution in [2.45, 2.75) is 26.4 Å². The first-order valence-electron chi connectivity index (χ1n) is 7.06. The second kappa shape index (κ2) is 9.06. The number of phenolic OH excluding ortho intramolecular Hbond substituents is 1. The van der Waals surface area contributed by atoms with Crippen molar-refractivity contribution in [3.8, 4) is 5.75 Å². The molecule has 1 aromatic rings. The minimum atomic E-state index is -1.17. The van der Waals surface area contributed by atoms with Gasteiger partial charge in [-0.25, -0.2) is 9.59 Å². The van der Waals surface area contributed by atoms with Crippen molar-refractivity contribution in [2.24, 2.45) is 5.11 Å². The molecule has 0 bridgehead atoms. The van der Waals surface area contributed by atoms with E-state index in [0.717, 1.165) is 6.08 Å². The monoisotopic (exact) mass is 334 g/mol. The fraction of sp³-hybridized carbons (Fsp3) is 0.333. The van der Waals surface area contributed by atoms with Gasteiger partial charge in [-0.15, -0.1) is 0 Å². The summed E-state index contributed by atoms with van der Waals surface area (Å²) < 4.78 is 4.76. The van der Waals surface area contributed by atoms with Crippen LogP contribution in [0.25, 0.3) is 10.4 Å². The topological polar surface area (TPSA) is 145 Å². The van der Waals surface area contributed by atoms with Crippen LogP contribution in [0.3, 0.4) is 0 Å². The van der Waals surface area contributed by atoms with E-state index in [0.29, 0.717) is 16.8 Å². The van der Waals surface area contributed by atoms with Crippen LogP contribution in [0.1, 0.15) is 31.0 Å². The van der Waals surface area contributed by atoms with Gasteiger partial charge in [0.15, 0.2) is 0 Å². The summed E-state index contributed by atoms with van der Waals surface area (Å²) >= 11 is 0. The molecular weight excluding hydrogens is 316 g/mol. The number of aromatic hydroxyl groups is 1. The van der Waals surface area contributed by atoms with Crippen LogP contribution in [0, 0.1) is 0 Å². The van der Waals surface area contributed by atoms with Crippen molar-refractivity contribution in [3.05, 3.63) is 51.5 Å². The van der Waals surface area contributed by atoms with Crippen LogP contribution < -0.4 is 5.32 Å². The Morgan fingerprint density at radius 2 is 2.21 bits per heavy atom. The van der Waals surface area contributed by atoms with Crippen molar-refractivity contribution in [1.82, 2.24) is 5.32 Å². The number of nitrogens with zero attached hydrogens (tertiary/aromatic N) is 3. The summed E-state index contributed by atoms with van der Waals surface area (Å²) in [6.45, 7) is 3.30. The lowest BCUT2D eigenvalue weighted by molar-refractivity contribution is -0.140. The number of esters is 1. The van der Waals surface area contributed by atoms with Crippen molar-refractivity contribution >= 4 is 11.9 Å². The number of ether oxygens (including phenoxy) is 1. The van der Waals surface area contributed by atoms with Gasteiger partial charge < -0.3 is 20.3 Å². The number of carboxylic acids is 1. The average Bonchev–Trinajstić information content (AvgIpc) is 2.52. The first-order valence-corrected chi connectivity index (χ1v) is 7.06. The fourth-order valence-electron chi connectivity index (χ4n) is 1.94. The maximum atomic E-state index is 11.5. The van der Waals surface area contributed by atoms with Gasteiger partial charge in [0.25, 0.3) is 0 Å². The predicted molar refractivity (Wildman–Crippen MR) is 84.9 cm³/mol. The number of carbonyl (C=O) groups excluding carboxylic acids is 1. The molecule has 1 unspecified atom stereocenters. The number of phenols is 1. The van der Waals surface area contributed by atoms with Crippen LogP contribution in [-0.2, 0) is 20.9 Å². The first kappa shape index (κ1) is 18.9. The number of benzene rings is 1. The zero-order valence-corrected chi connectivity index (χ0v) is 13.3. The summed E-state index contributed by atoms with van der Waals surface area (Å²) in [7, 11) is 0. The number of hydrogen-bond acceptors (Lipinski definition) is 6. The van der Waals surface area contributed by atoms with Gasteiger partial charge in [0, 0.05) is 16.7 Å². The third-order valence-corrected chi connectivity index (χ3v) is 2.98. The smallest absolute Gasteiger partial charge is 0.332 e. The third kappa shape index (κ3) is 5.54. The number of azide groups is 1. The molecule has 1 aromatic carbocycles. The molecule has 0 spiro atoms. The van der Waals surface area contributed by atoms with Crippen LogP contribution in [0.15, 0.2) is 35.1 Å². The highest BCUT2D eigenvalue weighted by Crippen LogP contribution is 2.24. The van der Waals surface area contributed by atoms with Gasteiger partial charge in [-0.3, -0.25) is 0 Å². The van der Waals surface area contributed by atoms with Crippen molar-refractivity contribution in [1.29, 1.82) is 0 Å². The molecule has 0 amide bonds. The van der Waals surface area contributed by atoms with E-state index in [-0.39, 0.29) is 18.9 Å². The van der Waals surface area contributed by atoms with Gasteiger partial charge in [-0.1, -0.05) is 11.2 Å². The molecule has 0 fully saturated rings. The molecule has 3 N–H and O–H groups in total. The highest BCUT2D eigenvalue weighted by Gasteiger charge is 2.21. The number of carboxylic acid groups (broad SMARTS) is 1. The van der Waals surface area contributed by atoms with Crippen LogP contribution in [0.4, 0.5) is 0 Å². The summed E-state index contributed by atoms with van der Waals surface area (Å²) in [6.07, 6.45) is 1.15. The number of hydrogen-bond donors (Lipinski definition) is 3. The molecule has 0 saturated heterocycles. The Labute approximate surface area is 138 Å². The SMILES string of the molecule is CCOC(=O)C=C(C)NC(C(=O)O)c1ccc(O)c(CN=[N+]=[N-])c1. The van der Waals surface area contributed by atoms with Crippen LogP contribution >= 0.6 is 0 Å². The molecule has 1 atom stereocenters. The minimum absolute atomic E-state index is 0.103.